The molecule has 23 heavy (non-hydrogen) atoms. The molecule has 1 aliphatic heterocycles. The van der Waals surface area contributed by atoms with E-state index in [0.29, 0.717) is 43.4 Å². The summed E-state index contributed by atoms with van der Waals surface area (Å²) in [7, 11) is -3.17. The number of amides is 1. The Kier molecular flexibility index (Phi) is 6.16. The Morgan fingerprint density at radius 3 is 2.61 bits per heavy atom. The van der Waals surface area contributed by atoms with Crippen LogP contribution in [0.1, 0.15) is 18.4 Å². The fourth-order valence-electron chi connectivity index (χ4n) is 2.62. The highest BCUT2D eigenvalue weighted by atomic mass is 79.9. The number of benzene rings is 1. The van der Waals surface area contributed by atoms with E-state index in [1.54, 1.807) is 12.1 Å². The summed E-state index contributed by atoms with van der Waals surface area (Å²) in [5.41, 5.74) is 0.936. The number of hydrogen-bond acceptors (Lipinski definition) is 3. The summed E-state index contributed by atoms with van der Waals surface area (Å²) in [6.45, 7) is 1.26. The van der Waals surface area contributed by atoms with Crippen LogP contribution in [-0.4, -0.2) is 44.5 Å². The van der Waals surface area contributed by atoms with Crippen LogP contribution in [0.4, 0.5) is 4.39 Å². The number of hydrogen-bond donors (Lipinski definition) is 1. The van der Waals surface area contributed by atoms with Crippen LogP contribution in [0.15, 0.2) is 22.7 Å². The van der Waals surface area contributed by atoms with E-state index in [2.05, 4.69) is 21.2 Å². The first kappa shape index (κ1) is 18.4. The molecule has 0 bridgehead atoms. The van der Waals surface area contributed by atoms with Gasteiger partial charge in [0.1, 0.15) is 5.82 Å². The summed E-state index contributed by atoms with van der Waals surface area (Å²) >= 11 is 3.13. The third-order valence-corrected chi connectivity index (χ3v) is 5.90. The van der Waals surface area contributed by atoms with Crippen molar-refractivity contribution in [2.45, 2.75) is 19.3 Å². The van der Waals surface area contributed by atoms with E-state index in [-0.39, 0.29) is 17.6 Å². The number of nitrogens with zero attached hydrogens (tertiary/aromatic N) is 1. The molecule has 128 valence electrons. The molecule has 0 saturated carbocycles. The van der Waals surface area contributed by atoms with Gasteiger partial charge in [-0.15, -0.1) is 0 Å². The molecule has 0 spiro atoms. The van der Waals surface area contributed by atoms with Crippen molar-refractivity contribution in [1.29, 1.82) is 0 Å². The van der Waals surface area contributed by atoms with E-state index in [4.69, 9.17) is 0 Å². The maximum Gasteiger partial charge on any atom is 0.223 e. The summed E-state index contributed by atoms with van der Waals surface area (Å²) in [4.78, 5) is 12.1. The van der Waals surface area contributed by atoms with Crippen molar-refractivity contribution in [3.05, 3.63) is 34.1 Å². The molecule has 1 aromatic rings. The third kappa shape index (κ3) is 5.26. The lowest BCUT2D eigenvalue weighted by molar-refractivity contribution is -0.126. The lowest BCUT2D eigenvalue weighted by Gasteiger charge is -2.29. The van der Waals surface area contributed by atoms with Crippen LogP contribution in [0.5, 0.6) is 0 Å². The van der Waals surface area contributed by atoms with E-state index in [1.807, 2.05) is 0 Å². The molecular weight excluding hydrogens is 387 g/mol. The second-order valence-corrected chi connectivity index (χ2v) is 8.56. The first-order chi connectivity index (χ1) is 10.8. The number of piperidine rings is 1. The first-order valence-electron chi connectivity index (χ1n) is 7.44. The van der Waals surface area contributed by atoms with Crippen LogP contribution in [0.3, 0.4) is 0 Å². The van der Waals surface area contributed by atoms with Crippen molar-refractivity contribution >= 4 is 31.9 Å². The van der Waals surface area contributed by atoms with E-state index in [9.17, 15) is 17.6 Å². The summed E-state index contributed by atoms with van der Waals surface area (Å²) in [5.74, 6) is -0.497. The highest BCUT2D eigenvalue weighted by Crippen LogP contribution is 2.19. The molecule has 0 atom stereocenters. The molecule has 0 aliphatic carbocycles. The molecule has 0 aromatic heterocycles. The Hall–Kier alpha value is -0.990. The zero-order chi connectivity index (χ0) is 17.0. The number of rotatable bonds is 5. The lowest BCUT2D eigenvalue weighted by atomic mass is 9.97. The van der Waals surface area contributed by atoms with Crippen molar-refractivity contribution < 1.29 is 17.6 Å². The highest BCUT2D eigenvalue weighted by molar-refractivity contribution is 9.10. The highest BCUT2D eigenvalue weighted by Gasteiger charge is 2.28. The Labute approximate surface area is 144 Å². The zero-order valence-corrected chi connectivity index (χ0v) is 15.3. The second kappa shape index (κ2) is 7.72. The van der Waals surface area contributed by atoms with Crippen LogP contribution in [0, 0.1) is 11.7 Å². The SMILES string of the molecule is CS(=O)(=O)N1CCC(C(=O)NCCc2ccc(F)c(Br)c2)CC1. The largest absolute Gasteiger partial charge is 0.356 e. The van der Waals surface area contributed by atoms with Crippen LogP contribution >= 0.6 is 15.9 Å². The Morgan fingerprint density at radius 2 is 2.04 bits per heavy atom. The normalized spacial score (nSPS) is 17.2. The second-order valence-electron chi connectivity index (χ2n) is 5.73. The van der Waals surface area contributed by atoms with Gasteiger partial charge in [-0.2, -0.15) is 0 Å². The van der Waals surface area contributed by atoms with Crippen molar-refractivity contribution in [2.24, 2.45) is 5.92 Å². The number of carbonyl (C=O) groups is 1. The molecule has 1 aromatic carbocycles. The molecule has 1 saturated heterocycles. The van der Waals surface area contributed by atoms with E-state index in [1.165, 1.54) is 16.6 Å². The number of sulfonamides is 1. The third-order valence-electron chi connectivity index (χ3n) is 3.99. The van der Waals surface area contributed by atoms with Gasteiger partial charge in [0.2, 0.25) is 15.9 Å². The number of halogens is 2. The minimum Gasteiger partial charge on any atom is -0.356 e. The number of nitrogens with one attached hydrogen (secondary N) is 1. The molecule has 1 amide bonds. The van der Waals surface area contributed by atoms with Gasteiger partial charge in [0.15, 0.2) is 0 Å². The van der Waals surface area contributed by atoms with Gasteiger partial charge in [-0.25, -0.2) is 17.1 Å². The Balaban J connectivity index is 1.76. The van der Waals surface area contributed by atoms with Crippen LogP contribution in [0.2, 0.25) is 0 Å². The minimum atomic E-state index is -3.17. The summed E-state index contributed by atoms with van der Waals surface area (Å²) in [6.07, 6.45) is 2.89. The van der Waals surface area contributed by atoms with E-state index in [0.717, 1.165) is 5.56 Å². The van der Waals surface area contributed by atoms with Crippen molar-refractivity contribution in [3.63, 3.8) is 0 Å². The van der Waals surface area contributed by atoms with E-state index >= 15 is 0 Å². The molecule has 1 aliphatic rings. The fraction of sp³-hybridized carbons (Fsp3) is 0.533. The van der Waals surface area contributed by atoms with Gasteiger partial charge in [-0.3, -0.25) is 4.79 Å². The van der Waals surface area contributed by atoms with Crippen LogP contribution < -0.4 is 5.32 Å². The summed E-state index contributed by atoms with van der Waals surface area (Å²) < 4.78 is 37.8. The standard InChI is InChI=1S/C15H20BrFN2O3S/c1-23(21,22)19-8-5-12(6-9-19)15(20)18-7-4-11-2-3-14(17)13(16)10-11/h2-3,10,12H,4-9H2,1H3,(H,18,20). The molecular formula is C15H20BrFN2O3S. The quantitative estimate of drug-likeness (QED) is 0.811. The van der Waals surface area contributed by atoms with Crippen LogP contribution in [-0.2, 0) is 21.2 Å². The Morgan fingerprint density at radius 1 is 1.39 bits per heavy atom. The number of carbonyl (C=O) groups excluding carboxylic acids is 1. The first-order valence-corrected chi connectivity index (χ1v) is 10.1. The van der Waals surface area contributed by atoms with Gasteiger partial charge in [0, 0.05) is 25.6 Å². The van der Waals surface area contributed by atoms with Crippen molar-refractivity contribution in [2.75, 3.05) is 25.9 Å². The fourth-order valence-corrected chi connectivity index (χ4v) is 3.92. The molecule has 8 heteroatoms. The maximum absolute atomic E-state index is 13.1. The summed E-state index contributed by atoms with van der Waals surface area (Å²) in [5, 5.41) is 2.87. The van der Waals surface area contributed by atoms with Crippen molar-refractivity contribution in [1.82, 2.24) is 9.62 Å². The van der Waals surface area contributed by atoms with Gasteiger partial charge < -0.3 is 5.32 Å². The summed E-state index contributed by atoms with van der Waals surface area (Å²) in [6, 6.07) is 4.78. The lowest BCUT2D eigenvalue weighted by Crippen LogP contribution is -2.42. The molecule has 5 nitrogen and oxygen atoms in total. The molecule has 0 unspecified atom stereocenters. The molecule has 1 N–H and O–H groups in total. The monoisotopic (exact) mass is 406 g/mol. The van der Waals surface area contributed by atoms with Gasteiger partial charge in [0.25, 0.3) is 0 Å². The Bertz CT molecular complexity index is 673. The van der Waals surface area contributed by atoms with Gasteiger partial charge in [-0.1, -0.05) is 6.07 Å². The molecule has 1 heterocycles. The topological polar surface area (TPSA) is 66.5 Å². The average molecular weight is 407 g/mol. The zero-order valence-electron chi connectivity index (χ0n) is 12.9. The predicted octanol–water partition coefficient (Wildman–Crippen LogP) is 1.92. The van der Waals surface area contributed by atoms with E-state index < -0.39 is 10.0 Å². The van der Waals surface area contributed by atoms with Crippen LogP contribution in [0.25, 0.3) is 0 Å². The van der Waals surface area contributed by atoms with Gasteiger partial charge in [-0.05, 0) is 52.9 Å². The maximum atomic E-state index is 13.1. The van der Waals surface area contributed by atoms with Gasteiger partial charge >= 0.3 is 0 Å². The van der Waals surface area contributed by atoms with Gasteiger partial charge in [0.05, 0.1) is 10.7 Å². The van der Waals surface area contributed by atoms with Crippen molar-refractivity contribution in [3.8, 4) is 0 Å². The predicted molar refractivity (Wildman–Crippen MR) is 90.0 cm³/mol. The average Bonchev–Trinajstić information content (AvgIpc) is 2.50. The molecule has 1 fully saturated rings. The molecule has 0 radical (unpaired) electrons. The smallest absolute Gasteiger partial charge is 0.223 e. The minimum absolute atomic E-state index is 0.0423. The molecule has 2 rings (SSSR count).